The average molecular weight is 287 g/mol. The van der Waals surface area contributed by atoms with Crippen LogP contribution in [-0.4, -0.2) is 29.3 Å². The fourth-order valence-corrected chi connectivity index (χ4v) is 1.92. The van der Waals surface area contributed by atoms with E-state index in [1.54, 1.807) is 24.5 Å². The number of rotatable bonds is 7. The van der Waals surface area contributed by atoms with Gasteiger partial charge < -0.3 is 14.6 Å². The molecule has 2 aromatic rings. The molecule has 1 heterocycles. The molecule has 0 aliphatic rings. The van der Waals surface area contributed by atoms with Gasteiger partial charge in [-0.15, -0.1) is 0 Å². The third kappa shape index (κ3) is 3.95. The highest BCUT2D eigenvalue weighted by Crippen LogP contribution is 2.31. The molecule has 2 rings (SSSR count). The summed E-state index contributed by atoms with van der Waals surface area (Å²) < 4.78 is 11.1. The van der Waals surface area contributed by atoms with Crippen molar-refractivity contribution in [3.63, 3.8) is 0 Å². The molecule has 0 unspecified atom stereocenters. The van der Waals surface area contributed by atoms with Crippen LogP contribution in [0.3, 0.4) is 0 Å². The maximum absolute atomic E-state index is 11.3. The molecule has 0 bridgehead atoms. The third-order valence-corrected chi connectivity index (χ3v) is 2.87. The lowest BCUT2D eigenvalue weighted by Crippen LogP contribution is -2.08. The van der Waals surface area contributed by atoms with E-state index in [9.17, 15) is 9.90 Å². The molecule has 1 N–H and O–H groups in total. The van der Waals surface area contributed by atoms with Gasteiger partial charge in [0.2, 0.25) is 0 Å². The van der Waals surface area contributed by atoms with E-state index in [1.165, 1.54) is 6.07 Å². The largest absolute Gasteiger partial charge is 0.490 e. The molecular formula is C16H17NO4. The van der Waals surface area contributed by atoms with Crippen LogP contribution in [0, 0.1) is 0 Å². The van der Waals surface area contributed by atoms with Gasteiger partial charge in [0.1, 0.15) is 5.56 Å². The predicted molar refractivity (Wildman–Crippen MR) is 78.0 cm³/mol. The Bertz CT molecular complexity index is 598. The van der Waals surface area contributed by atoms with Crippen LogP contribution < -0.4 is 9.47 Å². The normalized spacial score (nSPS) is 10.1. The van der Waals surface area contributed by atoms with Crippen molar-refractivity contribution < 1.29 is 19.4 Å². The fraction of sp³-hybridized carbons (Fsp3) is 0.250. The maximum atomic E-state index is 11.3. The number of carboxylic acids is 1. The molecule has 1 aromatic heterocycles. The fourth-order valence-electron chi connectivity index (χ4n) is 1.92. The molecule has 0 spiro atoms. The summed E-state index contributed by atoms with van der Waals surface area (Å²) in [5.74, 6) is -0.313. The van der Waals surface area contributed by atoms with Crippen molar-refractivity contribution in [3.05, 3.63) is 53.9 Å². The van der Waals surface area contributed by atoms with Gasteiger partial charge in [0.15, 0.2) is 11.5 Å². The molecule has 21 heavy (non-hydrogen) atoms. The van der Waals surface area contributed by atoms with E-state index in [2.05, 4.69) is 4.98 Å². The van der Waals surface area contributed by atoms with Crippen LogP contribution in [0.4, 0.5) is 0 Å². The first kappa shape index (κ1) is 14.8. The number of carboxylic acid groups (broad SMARTS) is 1. The summed E-state index contributed by atoms with van der Waals surface area (Å²) >= 11 is 0. The van der Waals surface area contributed by atoms with Crippen molar-refractivity contribution >= 4 is 5.97 Å². The standard InChI is InChI=1S/C16H17NO4/c1-2-20-14-7-3-6-13(16(18)19)15(14)21-10-8-12-5-4-9-17-11-12/h3-7,9,11H,2,8,10H2,1H3,(H,18,19). The van der Waals surface area contributed by atoms with Crippen LogP contribution in [-0.2, 0) is 6.42 Å². The molecular weight excluding hydrogens is 270 g/mol. The highest BCUT2D eigenvalue weighted by molar-refractivity contribution is 5.92. The number of ether oxygens (including phenoxy) is 2. The van der Waals surface area contributed by atoms with Crippen LogP contribution in [0.25, 0.3) is 0 Å². The topological polar surface area (TPSA) is 68.7 Å². The highest BCUT2D eigenvalue weighted by Gasteiger charge is 2.16. The van der Waals surface area contributed by atoms with Crippen molar-refractivity contribution in [2.45, 2.75) is 13.3 Å². The van der Waals surface area contributed by atoms with E-state index in [-0.39, 0.29) is 11.3 Å². The summed E-state index contributed by atoms with van der Waals surface area (Å²) in [6.45, 7) is 2.64. The lowest BCUT2D eigenvalue weighted by Gasteiger charge is -2.14. The molecule has 0 amide bonds. The van der Waals surface area contributed by atoms with Crippen molar-refractivity contribution in [1.29, 1.82) is 0 Å². The van der Waals surface area contributed by atoms with E-state index in [0.29, 0.717) is 25.4 Å². The Balaban J connectivity index is 2.11. The Kier molecular flexibility index (Phi) is 5.15. The van der Waals surface area contributed by atoms with Crippen LogP contribution in [0.2, 0.25) is 0 Å². The van der Waals surface area contributed by atoms with Crippen molar-refractivity contribution in [2.75, 3.05) is 13.2 Å². The van der Waals surface area contributed by atoms with Gasteiger partial charge in [0.05, 0.1) is 13.2 Å². The Morgan fingerprint density at radius 1 is 1.24 bits per heavy atom. The Morgan fingerprint density at radius 3 is 2.76 bits per heavy atom. The number of hydrogen-bond acceptors (Lipinski definition) is 4. The molecule has 1 aromatic carbocycles. The van der Waals surface area contributed by atoms with Crippen molar-refractivity contribution in [3.8, 4) is 11.5 Å². The van der Waals surface area contributed by atoms with Crippen molar-refractivity contribution in [1.82, 2.24) is 4.98 Å². The number of aromatic nitrogens is 1. The molecule has 110 valence electrons. The quantitative estimate of drug-likeness (QED) is 0.848. The van der Waals surface area contributed by atoms with Crippen LogP contribution in [0.15, 0.2) is 42.7 Å². The smallest absolute Gasteiger partial charge is 0.339 e. The molecule has 0 aliphatic carbocycles. The van der Waals surface area contributed by atoms with Gasteiger partial charge in [-0.05, 0) is 30.7 Å². The number of para-hydroxylation sites is 1. The SMILES string of the molecule is CCOc1cccc(C(=O)O)c1OCCc1cccnc1. The van der Waals surface area contributed by atoms with E-state index in [4.69, 9.17) is 9.47 Å². The molecule has 0 atom stereocenters. The summed E-state index contributed by atoms with van der Waals surface area (Å²) in [4.78, 5) is 15.3. The van der Waals surface area contributed by atoms with E-state index in [1.807, 2.05) is 19.1 Å². The monoisotopic (exact) mass is 287 g/mol. The first-order valence-electron chi connectivity index (χ1n) is 6.73. The summed E-state index contributed by atoms with van der Waals surface area (Å²) in [6, 6.07) is 8.65. The Hall–Kier alpha value is -2.56. The lowest BCUT2D eigenvalue weighted by atomic mass is 10.2. The van der Waals surface area contributed by atoms with Crippen molar-refractivity contribution in [2.24, 2.45) is 0 Å². The first-order chi connectivity index (χ1) is 10.2. The van der Waals surface area contributed by atoms with Gasteiger partial charge in [-0.2, -0.15) is 0 Å². The molecule has 0 fully saturated rings. The number of pyridine rings is 1. The molecule has 5 heteroatoms. The van der Waals surface area contributed by atoms with Crippen LogP contribution in [0.5, 0.6) is 11.5 Å². The van der Waals surface area contributed by atoms with E-state index in [0.717, 1.165) is 5.56 Å². The summed E-state index contributed by atoms with van der Waals surface area (Å²) in [5, 5.41) is 9.23. The zero-order valence-electron chi connectivity index (χ0n) is 11.8. The average Bonchev–Trinajstić information content (AvgIpc) is 2.49. The number of nitrogens with zero attached hydrogens (tertiary/aromatic N) is 1. The molecule has 5 nitrogen and oxygen atoms in total. The first-order valence-corrected chi connectivity index (χ1v) is 6.73. The minimum absolute atomic E-state index is 0.104. The predicted octanol–water partition coefficient (Wildman–Crippen LogP) is 2.80. The van der Waals surface area contributed by atoms with Gasteiger partial charge >= 0.3 is 5.97 Å². The zero-order valence-corrected chi connectivity index (χ0v) is 11.8. The van der Waals surface area contributed by atoms with Crippen LogP contribution in [0.1, 0.15) is 22.8 Å². The van der Waals surface area contributed by atoms with E-state index >= 15 is 0 Å². The van der Waals surface area contributed by atoms with Gasteiger partial charge in [-0.3, -0.25) is 4.98 Å². The summed E-state index contributed by atoms with van der Waals surface area (Å²) in [6.07, 6.45) is 4.11. The Labute approximate surface area is 123 Å². The second-order valence-electron chi connectivity index (χ2n) is 4.33. The molecule has 0 saturated heterocycles. The van der Waals surface area contributed by atoms with Gasteiger partial charge in [-0.1, -0.05) is 12.1 Å². The number of hydrogen-bond donors (Lipinski definition) is 1. The van der Waals surface area contributed by atoms with Gasteiger partial charge in [0, 0.05) is 18.8 Å². The number of carbonyl (C=O) groups is 1. The van der Waals surface area contributed by atoms with Crippen LogP contribution >= 0.6 is 0 Å². The van der Waals surface area contributed by atoms with Gasteiger partial charge in [-0.25, -0.2) is 4.79 Å². The Morgan fingerprint density at radius 2 is 2.10 bits per heavy atom. The minimum Gasteiger partial charge on any atom is -0.490 e. The second-order valence-corrected chi connectivity index (χ2v) is 4.33. The van der Waals surface area contributed by atoms with Gasteiger partial charge in [0.25, 0.3) is 0 Å². The third-order valence-electron chi connectivity index (χ3n) is 2.87. The minimum atomic E-state index is -1.03. The lowest BCUT2D eigenvalue weighted by molar-refractivity contribution is 0.0691. The molecule has 0 aliphatic heterocycles. The summed E-state index contributed by atoms with van der Waals surface area (Å²) in [7, 11) is 0. The number of aromatic carboxylic acids is 1. The molecule has 0 saturated carbocycles. The molecule has 0 radical (unpaired) electrons. The zero-order chi connectivity index (χ0) is 15.1. The summed E-state index contributed by atoms with van der Waals surface area (Å²) in [5.41, 5.74) is 1.13. The number of benzene rings is 1. The van der Waals surface area contributed by atoms with E-state index < -0.39 is 5.97 Å². The second kappa shape index (κ2) is 7.28. The maximum Gasteiger partial charge on any atom is 0.339 e. The highest BCUT2D eigenvalue weighted by atomic mass is 16.5.